The molecule has 0 N–H and O–H groups in total. The Morgan fingerprint density at radius 3 is 1.16 bits per heavy atom. The van der Waals surface area contributed by atoms with Gasteiger partial charge in [-0.05, 0) is 0 Å². The van der Waals surface area contributed by atoms with Crippen molar-refractivity contribution >= 4 is 7.21 Å². The molecule has 0 bridgehead atoms. The molecule has 0 spiro atoms. The van der Waals surface area contributed by atoms with E-state index in [1.807, 2.05) is 0 Å². The van der Waals surface area contributed by atoms with Crippen molar-refractivity contribution in [2.45, 2.75) is 78.9 Å². The first-order valence-corrected chi connectivity index (χ1v) is 11.9. The fraction of sp³-hybridized carbons (Fsp3) is 0.947. The maximum atomic E-state index is 11.2. The van der Waals surface area contributed by atoms with Gasteiger partial charge in [0.2, 0.25) is 0 Å². The molecule has 5 nitrogen and oxygen atoms in total. The van der Waals surface area contributed by atoms with Gasteiger partial charge in [0.05, 0.1) is 0 Å². The molecular weight excluding hydrogens is 329 g/mol. The monoisotopic (exact) mass is 368 g/mol. The van der Waals surface area contributed by atoms with E-state index in [4.69, 9.17) is 0 Å². The molecular formula is C19H39N5P+. The van der Waals surface area contributed by atoms with Crippen molar-refractivity contribution in [1.29, 1.82) is 5.26 Å². The normalized spacial score (nSPS) is 35.0. The van der Waals surface area contributed by atoms with Gasteiger partial charge < -0.3 is 0 Å². The minimum absolute atomic E-state index is 0.0186. The summed E-state index contributed by atoms with van der Waals surface area (Å²) in [7, 11) is -3.18. The van der Waals surface area contributed by atoms with Crippen LogP contribution in [0, 0.1) is 11.1 Å². The van der Waals surface area contributed by atoms with Crippen LogP contribution >= 0.6 is 7.21 Å². The van der Waals surface area contributed by atoms with Gasteiger partial charge >= 0.3 is 155 Å². The average Bonchev–Trinajstić information content (AvgIpc) is 2.90. The Morgan fingerprint density at radius 1 is 0.680 bits per heavy atom. The summed E-state index contributed by atoms with van der Waals surface area (Å²) < 4.78 is 9.05. The minimum atomic E-state index is -3.18. The second-order valence-corrected chi connectivity index (χ2v) is 15.6. The summed E-state index contributed by atoms with van der Waals surface area (Å²) in [6.45, 7) is 27.3. The molecule has 6 heteroatoms. The van der Waals surface area contributed by atoms with Crippen molar-refractivity contribution < 1.29 is 4.25 Å². The van der Waals surface area contributed by atoms with Crippen molar-refractivity contribution in [3.8, 4) is 5.81 Å². The van der Waals surface area contributed by atoms with E-state index in [1.165, 1.54) is 0 Å². The van der Waals surface area contributed by atoms with Crippen molar-refractivity contribution in [3.63, 3.8) is 0 Å². The first-order valence-electron chi connectivity index (χ1n) is 9.82. The van der Waals surface area contributed by atoms with Crippen LogP contribution in [-0.2, 0) is 0 Å². The number of nitriles is 1. The SMILES string of the molecule is CC(C)(C)N1CC[N+]23CCN(C(C)(C)C)P12(C#N)N(C(C)(C)C)CC3. The van der Waals surface area contributed by atoms with E-state index in [0.717, 1.165) is 43.5 Å². The van der Waals surface area contributed by atoms with Crippen molar-refractivity contribution in [2.75, 3.05) is 39.3 Å². The summed E-state index contributed by atoms with van der Waals surface area (Å²) in [6, 6.07) is 0. The van der Waals surface area contributed by atoms with Crippen molar-refractivity contribution in [2.24, 2.45) is 0 Å². The van der Waals surface area contributed by atoms with Crippen LogP contribution in [0.3, 0.4) is 0 Å². The van der Waals surface area contributed by atoms with Gasteiger partial charge in [-0.2, -0.15) is 0 Å². The standard InChI is InChI=1S/C19H39N5P/c1-17(2,3)21-10-13-24-14-11-22(18(4,5)6)25(21,24,16-20)23(12-15-24)19(7,8)9/h10-15H2,1-9H3/q+1. The molecule has 0 radical (unpaired) electrons. The molecule has 3 aliphatic rings. The maximum absolute atomic E-state index is 11.2. The van der Waals surface area contributed by atoms with Gasteiger partial charge in [-0.1, -0.05) is 0 Å². The van der Waals surface area contributed by atoms with E-state index in [2.05, 4.69) is 82.1 Å². The van der Waals surface area contributed by atoms with Crippen LogP contribution in [-0.4, -0.2) is 74.2 Å². The molecule has 3 aliphatic heterocycles. The molecule has 3 heterocycles. The van der Waals surface area contributed by atoms with Crippen molar-refractivity contribution in [1.82, 2.24) is 14.0 Å². The predicted octanol–water partition coefficient (Wildman–Crippen LogP) is 3.84. The molecule has 25 heavy (non-hydrogen) atoms. The second-order valence-electron chi connectivity index (χ2n) is 11.2. The van der Waals surface area contributed by atoms with Crippen LogP contribution in [0.2, 0.25) is 0 Å². The fourth-order valence-corrected chi connectivity index (χ4v) is 15.0. The Bertz CT molecular complexity index is 546. The zero-order valence-corrected chi connectivity index (χ0v) is 18.8. The molecule has 0 aliphatic carbocycles. The number of quaternary nitrogens is 1. The Labute approximate surface area is 155 Å². The first kappa shape index (κ1) is 19.5. The third-order valence-electron chi connectivity index (χ3n) is 6.80. The van der Waals surface area contributed by atoms with Crippen LogP contribution in [0.4, 0.5) is 0 Å². The van der Waals surface area contributed by atoms with Gasteiger partial charge in [0.15, 0.2) is 0 Å². The number of rotatable bonds is 0. The van der Waals surface area contributed by atoms with Crippen LogP contribution in [0.15, 0.2) is 0 Å². The Morgan fingerprint density at radius 2 is 0.960 bits per heavy atom. The molecule has 0 atom stereocenters. The van der Waals surface area contributed by atoms with E-state index in [0.29, 0.717) is 0 Å². The van der Waals surface area contributed by atoms with E-state index >= 15 is 0 Å². The molecule has 0 aromatic heterocycles. The Hall–Kier alpha value is -0.240. The van der Waals surface area contributed by atoms with Gasteiger partial charge in [0.1, 0.15) is 0 Å². The van der Waals surface area contributed by atoms with Crippen LogP contribution in [0.5, 0.6) is 0 Å². The quantitative estimate of drug-likeness (QED) is 0.608. The van der Waals surface area contributed by atoms with Crippen LogP contribution in [0.1, 0.15) is 62.3 Å². The van der Waals surface area contributed by atoms with Crippen molar-refractivity contribution in [3.05, 3.63) is 0 Å². The Kier molecular flexibility index (Phi) is 3.88. The first-order chi connectivity index (χ1) is 11.2. The average molecular weight is 369 g/mol. The van der Waals surface area contributed by atoms with E-state index < -0.39 is 7.21 Å². The van der Waals surface area contributed by atoms with Gasteiger partial charge in [0.25, 0.3) is 0 Å². The van der Waals surface area contributed by atoms with Gasteiger partial charge in [0, 0.05) is 0 Å². The molecule has 3 fully saturated rings. The number of hydrogen-bond acceptors (Lipinski definition) is 4. The van der Waals surface area contributed by atoms with Gasteiger partial charge in [-0.3, -0.25) is 0 Å². The summed E-state index contributed by atoms with van der Waals surface area (Å²) in [5.74, 6) is 3.16. The summed E-state index contributed by atoms with van der Waals surface area (Å²) in [5, 5.41) is 11.2. The van der Waals surface area contributed by atoms with E-state index in [1.54, 1.807) is 0 Å². The molecule has 3 rings (SSSR count). The summed E-state index contributed by atoms with van der Waals surface area (Å²) in [6.07, 6.45) is 0. The zero-order chi connectivity index (χ0) is 19.1. The predicted molar refractivity (Wildman–Crippen MR) is 107 cm³/mol. The van der Waals surface area contributed by atoms with Gasteiger partial charge in [-0.25, -0.2) is 0 Å². The second kappa shape index (κ2) is 4.97. The molecule has 0 amide bonds. The molecule has 0 aromatic rings. The zero-order valence-electron chi connectivity index (χ0n) is 17.9. The summed E-state index contributed by atoms with van der Waals surface area (Å²) in [4.78, 5) is 0. The molecule has 144 valence electrons. The van der Waals surface area contributed by atoms with Crippen LogP contribution in [0.25, 0.3) is 0 Å². The number of nitrogens with zero attached hydrogens (tertiary/aromatic N) is 5. The Balaban J connectivity index is 2.43. The summed E-state index contributed by atoms with van der Waals surface area (Å²) >= 11 is 0. The van der Waals surface area contributed by atoms with Gasteiger partial charge in [-0.15, -0.1) is 0 Å². The molecule has 0 unspecified atom stereocenters. The van der Waals surface area contributed by atoms with E-state index in [-0.39, 0.29) is 16.6 Å². The summed E-state index contributed by atoms with van der Waals surface area (Å²) in [5.41, 5.74) is -0.0559. The molecule has 3 saturated heterocycles. The van der Waals surface area contributed by atoms with Crippen LogP contribution < -0.4 is 0 Å². The molecule has 0 saturated carbocycles. The third-order valence-corrected chi connectivity index (χ3v) is 14.4. The topological polar surface area (TPSA) is 33.5 Å². The molecule has 0 aromatic carbocycles. The van der Waals surface area contributed by atoms with E-state index in [9.17, 15) is 5.26 Å². The number of hydrogen-bond donors (Lipinski definition) is 0. The fourth-order valence-electron chi connectivity index (χ4n) is 6.28. The third kappa shape index (κ3) is 1.96.